The molecule has 0 radical (unpaired) electrons. The van der Waals surface area contributed by atoms with Gasteiger partial charge in [0.15, 0.2) is 5.54 Å². The standard InChI is InChI=1S/C20H20N2O4/c1-14-6-2-4-8-16(14)26-13-11-22-18(23)20(21-19(22)24)10-12-25-17-9-5-3-7-15(17)20/h2-9H,10-13H2,1H3,(H,21,24). The first-order chi connectivity index (χ1) is 12.6. The van der Waals surface area contributed by atoms with Gasteiger partial charge in [0.2, 0.25) is 0 Å². The summed E-state index contributed by atoms with van der Waals surface area (Å²) in [6.07, 6.45) is 0.420. The largest absolute Gasteiger partial charge is 0.493 e. The van der Waals surface area contributed by atoms with Crippen molar-refractivity contribution in [2.45, 2.75) is 18.9 Å². The van der Waals surface area contributed by atoms with Crippen LogP contribution in [0.1, 0.15) is 17.5 Å². The van der Waals surface area contributed by atoms with E-state index in [0.29, 0.717) is 24.3 Å². The van der Waals surface area contributed by atoms with Gasteiger partial charge in [-0.1, -0.05) is 36.4 Å². The molecule has 4 rings (SSSR count). The lowest BCUT2D eigenvalue weighted by molar-refractivity contribution is -0.132. The van der Waals surface area contributed by atoms with E-state index in [2.05, 4.69) is 5.32 Å². The number of rotatable bonds is 4. The van der Waals surface area contributed by atoms with E-state index >= 15 is 0 Å². The number of nitrogens with one attached hydrogen (secondary N) is 1. The summed E-state index contributed by atoms with van der Waals surface area (Å²) in [6.45, 7) is 2.79. The van der Waals surface area contributed by atoms with Crippen molar-refractivity contribution in [1.82, 2.24) is 10.2 Å². The number of carbonyl (C=O) groups excluding carboxylic acids is 2. The van der Waals surface area contributed by atoms with Gasteiger partial charge in [-0.3, -0.25) is 9.69 Å². The highest BCUT2D eigenvalue weighted by Crippen LogP contribution is 2.40. The first-order valence-corrected chi connectivity index (χ1v) is 8.67. The summed E-state index contributed by atoms with van der Waals surface area (Å²) in [5.74, 6) is 1.16. The van der Waals surface area contributed by atoms with Crippen LogP contribution in [0.3, 0.4) is 0 Å². The summed E-state index contributed by atoms with van der Waals surface area (Å²) in [5, 5.41) is 2.89. The van der Waals surface area contributed by atoms with Crippen LogP contribution in [0.5, 0.6) is 11.5 Å². The van der Waals surface area contributed by atoms with E-state index in [1.54, 1.807) is 0 Å². The number of ether oxygens (including phenoxy) is 2. The van der Waals surface area contributed by atoms with Gasteiger partial charge in [0.1, 0.15) is 18.1 Å². The van der Waals surface area contributed by atoms with E-state index in [1.165, 1.54) is 4.90 Å². The predicted molar refractivity (Wildman–Crippen MR) is 95.2 cm³/mol. The number of amides is 3. The van der Waals surface area contributed by atoms with Crippen molar-refractivity contribution in [3.8, 4) is 11.5 Å². The molecule has 2 aliphatic heterocycles. The summed E-state index contributed by atoms with van der Waals surface area (Å²) in [7, 11) is 0. The Hall–Kier alpha value is -3.02. The molecule has 3 amide bonds. The Labute approximate surface area is 151 Å². The van der Waals surface area contributed by atoms with Gasteiger partial charge in [0.25, 0.3) is 5.91 Å². The van der Waals surface area contributed by atoms with Gasteiger partial charge in [-0.05, 0) is 24.6 Å². The fourth-order valence-corrected chi connectivity index (χ4v) is 3.54. The first kappa shape index (κ1) is 16.4. The molecule has 134 valence electrons. The van der Waals surface area contributed by atoms with Crippen LogP contribution in [0.25, 0.3) is 0 Å². The second kappa shape index (κ2) is 6.37. The minimum absolute atomic E-state index is 0.198. The van der Waals surface area contributed by atoms with Crippen LogP contribution in [0.15, 0.2) is 48.5 Å². The van der Waals surface area contributed by atoms with Crippen LogP contribution >= 0.6 is 0 Å². The molecule has 1 unspecified atom stereocenters. The maximum Gasteiger partial charge on any atom is 0.325 e. The number of imide groups is 1. The highest BCUT2D eigenvalue weighted by molar-refractivity contribution is 6.07. The number of nitrogens with zero attached hydrogens (tertiary/aromatic N) is 1. The van der Waals surface area contributed by atoms with Gasteiger partial charge in [-0.2, -0.15) is 0 Å². The summed E-state index contributed by atoms with van der Waals surface area (Å²) >= 11 is 0. The maximum atomic E-state index is 13.1. The predicted octanol–water partition coefficient (Wildman–Crippen LogP) is 2.60. The Bertz CT molecular complexity index is 866. The number of benzene rings is 2. The molecule has 2 heterocycles. The van der Waals surface area contributed by atoms with Crippen LogP contribution in [0.2, 0.25) is 0 Å². The van der Waals surface area contributed by atoms with E-state index in [4.69, 9.17) is 9.47 Å². The topological polar surface area (TPSA) is 67.9 Å². The average Bonchev–Trinajstić information content (AvgIpc) is 2.88. The fourth-order valence-electron chi connectivity index (χ4n) is 3.54. The highest BCUT2D eigenvalue weighted by Gasteiger charge is 2.54. The Kier molecular flexibility index (Phi) is 4.03. The van der Waals surface area contributed by atoms with Crippen molar-refractivity contribution < 1.29 is 19.1 Å². The fraction of sp³-hybridized carbons (Fsp3) is 0.300. The number of para-hydroxylation sites is 2. The molecule has 0 aliphatic carbocycles. The summed E-state index contributed by atoms with van der Waals surface area (Å²) in [6, 6.07) is 14.6. The van der Waals surface area contributed by atoms with Crippen LogP contribution in [-0.2, 0) is 10.3 Å². The van der Waals surface area contributed by atoms with Crippen molar-refractivity contribution in [3.05, 3.63) is 59.7 Å². The van der Waals surface area contributed by atoms with E-state index in [1.807, 2.05) is 55.5 Å². The molecule has 1 atom stereocenters. The van der Waals surface area contributed by atoms with E-state index in [9.17, 15) is 9.59 Å². The van der Waals surface area contributed by atoms with Gasteiger partial charge >= 0.3 is 6.03 Å². The number of hydrogen-bond acceptors (Lipinski definition) is 4. The zero-order valence-corrected chi connectivity index (χ0v) is 14.5. The minimum Gasteiger partial charge on any atom is -0.493 e. The van der Waals surface area contributed by atoms with Gasteiger partial charge < -0.3 is 14.8 Å². The number of carbonyl (C=O) groups is 2. The Morgan fingerprint density at radius 1 is 1.15 bits per heavy atom. The maximum absolute atomic E-state index is 13.1. The van der Waals surface area contributed by atoms with E-state index in [-0.39, 0.29) is 25.1 Å². The number of hydrogen-bond donors (Lipinski definition) is 1. The zero-order valence-electron chi connectivity index (χ0n) is 14.5. The Morgan fingerprint density at radius 2 is 1.92 bits per heavy atom. The smallest absolute Gasteiger partial charge is 0.325 e. The number of aryl methyl sites for hydroxylation is 1. The number of fused-ring (bicyclic) bond motifs is 2. The monoisotopic (exact) mass is 352 g/mol. The zero-order chi connectivity index (χ0) is 18.1. The Balaban J connectivity index is 1.51. The third kappa shape index (κ3) is 2.58. The lowest BCUT2D eigenvalue weighted by atomic mass is 9.84. The summed E-state index contributed by atoms with van der Waals surface area (Å²) in [4.78, 5) is 26.8. The molecule has 0 bridgehead atoms. The molecule has 6 nitrogen and oxygen atoms in total. The Morgan fingerprint density at radius 3 is 2.77 bits per heavy atom. The van der Waals surface area contributed by atoms with E-state index in [0.717, 1.165) is 11.3 Å². The van der Waals surface area contributed by atoms with Gasteiger partial charge in [0.05, 0.1) is 13.2 Å². The molecule has 26 heavy (non-hydrogen) atoms. The van der Waals surface area contributed by atoms with Gasteiger partial charge in [-0.15, -0.1) is 0 Å². The molecule has 1 N–H and O–H groups in total. The SMILES string of the molecule is Cc1ccccc1OCCN1C(=O)NC2(CCOc3ccccc32)C1=O. The van der Waals surface area contributed by atoms with Crippen LogP contribution in [0, 0.1) is 6.92 Å². The lowest BCUT2D eigenvalue weighted by Gasteiger charge is -2.33. The average molecular weight is 352 g/mol. The molecular weight excluding hydrogens is 332 g/mol. The third-order valence-corrected chi connectivity index (χ3v) is 4.92. The van der Waals surface area contributed by atoms with Gasteiger partial charge in [-0.25, -0.2) is 4.79 Å². The van der Waals surface area contributed by atoms with Crippen LogP contribution in [-0.4, -0.2) is 36.6 Å². The third-order valence-electron chi connectivity index (χ3n) is 4.92. The molecule has 6 heteroatoms. The van der Waals surface area contributed by atoms with Crippen molar-refractivity contribution in [3.63, 3.8) is 0 Å². The molecule has 2 aromatic rings. The summed E-state index contributed by atoms with van der Waals surface area (Å²) < 4.78 is 11.4. The van der Waals surface area contributed by atoms with Crippen LogP contribution < -0.4 is 14.8 Å². The van der Waals surface area contributed by atoms with E-state index < -0.39 is 5.54 Å². The van der Waals surface area contributed by atoms with Crippen molar-refractivity contribution in [2.75, 3.05) is 19.8 Å². The highest BCUT2D eigenvalue weighted by atomic mass is 16.5. The van der Waals surface area contributed by atoms with Crippen molar-refractivity contribution in [1.29, 1.82) is 0 Å². The molecule has 0 aromatic heterocycles. The molecule has 1 fully saturated rings. The lowest BCUT2D eigenvalue weighted by Crippen LogP contribution is -2.47. The number of urea groups is 1. The van der Waals surface area contributed by atoms with Crippen molar-refractivity contribution in [2.24, 2.45) is 0 Å². The van der Waals surface area contributed by atoms with Gasteiger partial charge in [0, 0.05) is 12.0 Å². The molecular formula is C20H20N2O4. The molecule has 1 spiro atoms. The molecule has 0 saturated carbocycles. The minimum atomic E-state index is -1.03. The quantitative estimate of drug-likeness (QED) is 0.859. The molecule has 2 aromatic carbocycles. The van der Waals surface area contributed by atoms with Crippen LogP contribution in [0.4, 0.5) is 4.79 Å². The molecule has 1 saturated heterocycles. The second-order valence-electron chi connectivity index (χ2n) is 6.50. The first-order valence-electron chi connectivity index (χ1n) is 8.67. The normalized spacial score (nSPS) is 21.3. The van der Waals surface area contributed by atoms with Crippen molar-refractivity contribution >= 4 is 11.9 Å². The second-order valence-corrected chi connectivity index (χ2v) is 6.50. The molecule has 2 aliphatic rings. The summed E-state index contributed by atoms with van der Waals surface area (Å²) in [5.41, 5.74) is 0.695.